The first-order valence-corrected chi connectivity index (χ1v) is 9.59. The number of hydrogen-bond donors (Lipinski definition) is 1. The molecule has 146 valence electrons. The summed E-state index contributed by atoms with van der Waals surface area (Å²) >= 11 is 0. The van der Waals surface area contributed by atoms with Gasteiger partial charge in [0.2, 0.25) is 5.91 Å². The zero-order valence-corrected chi connectivity index (χ0v) is 16.6. The molecule has 0 radical (unpaired) electrons. The molecule has 1 unspecified atom stereocenters. The molecule has 1 aromatic heterocycles. The van der Waals surface area contributed by atoms with Gasteiger partial charge in [-0.2, -0.15) is 0 Å². The number of carbonyl (C=O) groups excluding carboxylic acids is 1. The van der Waals surface area contributed by atoms with Crippen LogP contribution >= 0.6 is 0 Å². The summed E-state index contributed by atoms with van der Waals surface area (Å²) in [5.41, 5.74) is 3.22. The first-order chi connectivity index (χ1) is 13.5. The number of amides is 1. The van der Waals surface area contributed by atoms with Gasteiger partial charge in [0.25, 0.3) is 0 Å². The molecular formula is C23H26N2O3. The lowest BCUT2D eigenvalue weighted by molar-refractivity contribution is -0.121. The maximum Gasteiger partial charge on any atom is 0.220 e. The highest BCUT2D eigenvalue weighted by atomic mass is 16.5. The molecule has 3 rings (SSSR count). The minimum Gasteiger partial charge on any atom is -0.494 e. The number of nitrogens with one attached hydrogen (secondary N) is 1. The Balaban J connectivity index is 1.50. The summed E-state index contributed by atoms with van der Waals surface area (Å²) in [4.78, 5) is 16.6. The van der Waals surface area contributed by atoms with Gasteiger partial charge in [0.05, 0.1) is 18.8 Å². The van der Waals surface area contributed by atoms with Crippen LogP contribution in [0.15, 0.2) is 59.1 Å². The lowest BCUT2D eigenvalue weighted by Gasteiger charge is -2.14. The summed E-state index contributed by atoms with van der Waals surface area (Å²) in [6.07, 6.45) is 2.50. The van der Waals surface area contributed by atoms with E-state index in [1.54, 1.807) is 6.20 Å². The highest BCUT2D eigenvalue weighted by Crippen LogP contribution is 2.21. The predicted molar refractivity (Wildman–Crippen MR) is 109 cm³/mol. The van der Waals surface area contributed by atoms with Gasteiger partial charge in [-0.25, -0.2) is 4.98 Å². The van der Waals surface area contributed by atoms with Gasteiger partial charge in [-0.3, -0.25) is 4.79 Å². The Morgan fingerprint density at radius 3 is 2.54 bits per heavy atom. The Morgan fingerprint density at radius 1 is 1.14 bits per heavy atom. The normalized spacial score (nSPS) is 11.8. The van der Waals surface area contributed by atoms with Gasteiger partial charge in [-0.15, -0.1) is 0 Å². The molecule has 1 amide bonds. The Bertz CT molecular complexity index is 898. The molecule has 0 saturated carbocycles. The van der Waals surface area contributed by atoms with E-state index in [-0.39, 0.29) is 11.9 Å². The van der Waals surface area contributed by atoms with Gasteiger partial charge >= 0.3 is 0 Å². The average Bonchev–Trinajstić information content (AvgIpc) is 3.17. The summed E-state index contributed by atoms with van der Waals surface area (Å²) in [7, 11) is 0. The van der Waals surface area contributed by atoms with Crippen LogP contribution in [0.25, 0.3) is 11.3 Å². The van der Waals surface area contributed by atoms with Crippen molar-refractivity contribution in [3.05, 3.63) is 71.7 Å². The number of rotatable bonds is 8. The summed E-state index contributed by atoms with van der Waals surface area (Å²) in [6.45, 7) is 6.60. The fourth-order valence-corrected chi connectivity index (χ4v) is 2.91. The number of oxazole rings is 1. The largest absolute Gasteiger partial charge is 0.494 e. The van der Waals surface area contributed by atoms with Gasteiger partial charge in [0, 0.05) is 18.4 Å². The molecule has 0 fully saturated rings. The van der Waals surface area contributed by atoms with E-state index in [9.17, 15) is 4.79 Å². The Hall–Kier alpha value is -3.08. The van der Waals surface area contributed by atoms with Crippen LogP contribution in [0.1, 0.15) is 43.3 Å². The van der Waals surface area contributed by atoms with Crippen molar-refractivity contribution in [2.75, 3.05) is 6.61 Å². The van der Waals surface area contributed by atoms with E-state index >= 15 is 0 Å². The van der Waals surface area contributed by atoms with E-state index in [1.165, 1.54) is 5.56 Å². The molecular weight excluding hydrogens is 352 g/mol. The van der Waals surface area contributed by atoms with Crippen LogP contribution in [0.3, 0.4) is 0 Å². The van der Waals surface area contributed by atoms with Gasteiger partial charge in [0.15, 0.2) is 11.7 Å². The third-order valence-corrected chi connectivity index (χ3v) is 4.52. The highest BCUT2D eigenvalue weighted by molar-refractivity contribution is 5.76. The summed E-state index contributed by atoms with van der Waals surface area (Å²) in [5.74, 6) is 2.09. The quantitative estimate of drug-likeness (QED) is 0.608. The van der Waals surface area contributed by atoms with Crippen LogP contribution in [0.5, 0.6) is 5.75 Å². The molecule has 1 atom stereocenters. The molecule has 2 aromatic carbocycles. The molecule has 0 saturated heterocycles. The van der Waals surface area contributed by atoms with Crippen molar-refractivity contribution in [1.82, 2.24) is 10.3 Å². The number of aryl methyl sites for hydroxylation is 2. The van der Waals surface area contributed by atoms with Crippen molar-refractivity contribution in [2.24, 2.45) is 0 Å². The monoisotopic (exact) mass is 378 g/mol. The zero-order valence-electron chi connectivity index (χ0n) is 16.6. The molecule has 3 aromatic rings. The fraction of sp³-hybridized carbons (Fsp3) is 0.304. The van der Waals surface area contributed by atoms with Gasteiger partial charge in [0.1, 0.15) is 5.75 Å². The third-order valence-electron chi connectivity index (χ3n) is 4.52. The van der Waals surface area contributed by atoms with Crippen molar-refractivity contribution < 1.29 is 13.9 Å². The van der Waals surface area contributed by atoms with Crippen molar-refractivity contribution in [2.45, 2.75) is 39.7 Å². The molecule has 0 spiro atoms. The van der Waals surface area contributed by atoms with E-state index in [0.29, 0.717) is 25.3 Å². The van der Waals surface area contributed by atoms with Crippen LogP contribution in [0.4, 0.5) is 0 Å². The summed E-state index contributed by atoms with van der Waals surface area (Å²) in [6, 6.07) is 15.8. The number of aromatic nitrogens is 1. The van der Waals surface area contributed by atoms with Crippen molar-refractivity contribution in [3.63, 3.8) is 0 Å². The first kappa shape index (κ1) is 19.7. The Labute approximate surface area is 165 Å². The maximum absolute atomic E-state index is 12.3. The van der Waals surface area contributed by atoms with Crippen LogP contribution < -0.4 is 10.1 Å². The number of benzene rings is 2. The molecule has 1 heterocycles. The molecule has 5 heteroatoms. The number of ether oxygens (including phenoxy) is 1. The number of carbonyl (C=O) groups is 1. The lowest BCUT2D eigenvalue weighted by Crippen LogP contribution is -2.26. The molecule has 0 aliphatic carbocycles. The maximum atomic E-state index is 12.3. The third kappa shape index (κ3) is 5.22. The molecule has 28 heavy (non-hydrogen) atoms. The highest BCUT2D eigenvalue weighted by Gasteiger charge is 2.12. The number of hydrogen-bond acceptors (Lipinski definition) is 4. The van der Waals surface area contributed by atoms with Crippen molar-refractivity contribution in [1.29, 1.82) is 0 Å². The number of nitrogens with zero attached hydrogens (tertiary/aromatic N) is 1. The zero-order chi connectivity index (χ0) is 19.9. The summed E-state index contributed by atoms with van der Waals surface area (Å²) < 4.78 is 11.2. The molecule has 1 N–H and O–H groups in total. The van der Waals surface area contributed by atoms with Gasteiger partial charge < -0.3 is 14.5 Å². The molecule has 0 aliphatic rings. The molecule has 0 aliphatic heterocycles. The second-order valence-electron chi connectivity index (χ2n) is 6.78. The lowest BCUT2D eigenvalue weighted by atomic mass is 10.1. The van der Waals surface area contributed by atoms with Crippen LogP contribution in [0.2, 0.25) is 0 Å². The average molecular weight is 378 g/mol. The van der Waals surface area contributed by atoms with E-state index in [2.05, 4.69) is 10.3 Å². The van der Waals surface area contributed by atoms with Gasteiger partial charge in [-0.1, -0.05) is 42.0 Å². The topological polar surface area (TPSA) is 64.4 Å². The minimum atomic E-state index is -0.0733. The molecule has 0 bridgehead atoms. The fourth-order valence-electron chi connectivity index (χ4n) is 2.91. The van der Waals surface area contributed by atoms with Crippen LogP contribution in [-0.2, 0) is 11.2 Å². The smallest absolute Gasteiger partial charge is 0.220 e. The van der Waals surface area contributed by atoms with E-state index < -0.39 is 0 Å². The Morgan fingerprint density at radius 2 is 1.86 bits per heavy atom. The first-order valence-electron chi connectivity index (χ1n) is 9.59. The summed E-state index contributed by atoms with van der Waals surface area (Å²) in [5, 5.41) is 3.01. The second kappa shape index (κ2) is 9.22. The second-order valence-corrected chi connectivity index (χ2v) is 6.78. The Kier molecular flexibility index (Phi) is 6.48. The minimum absolute atomic E-state index is 0.0310. The van der Waals surface area contributed by atoms with Gasteiger partial charge in [-0.05, 0) is 38.5 Å². The van der Waals surface area contributed by atoms with Crippen LogP contribution in [0, 0.1) is 6.92 Å². The van der Waals surface area contributed by atoms with Crippen molar-refractivity contribution >= 4 is 5.91 Å². The van der Waals surface area contributed by atoms with E-state index in [1.807, 2.05) is 69.3 Å². The van der Waals surface area contributed by atoms with Crippen molar-refractivity contribution in [3.8, 4) is 17.1 Å². The standard InChI is InChI=1S/C23H26N2O3/c1-4-27-20-11-9-18(10-12-20)17(3)25-22(26)13-14-23-24-15-21(28-23)19-7-5-16(2)6-8-19/h5-12,15,17H,4,13-14H2,1-3H3,(H,25,26). The van der Waals surface area contributed by atoms with Crippen LogP contribution in [-0.4, -0.2) is 17.5 Å². The molecule has 5 nitrogen and oxygen atoms in total. The van der Waals surface area contributed by atoms with E-state index in [4.69, 9.17) is 9.15 Å². The predicted octanol–water partition coefficient (Wildman–Crippen LogP) is 4.86. The SMILES string of the molecule is CCOc1ccc(C(C)NC(=O)CCc2ncc(-c3ccc(C)cc3)o2)cc1. The van der Waals surface area contributed by atoms with E-state index in [0.717, 1.165) is 22.6 Å².